The fraction of sp³-hybridized carbons (Fsp3) is 0.387. The average Bonchev–Trinajstić information content (AvgIpc) is 2.94. The highest BCUT2D eigenvalue weighted by atomic mass is 19.1. The van der Waals surface area contributed by atoms with E-state index in [1.807, 2.05) is 24.3 Å². The average molecular weight is 522 g/mol. The standard InChI is InChI=1S/C31H37F2N3O2/c1-2-3-4-5-6-23-38-29-17-15-28(16-18-29)34-31(37)36-21-19-35(20-22-36)30(24-7-11-26(32)12-8-24)25-9-13-27(33)14-10-25/h7-18,30H,2-6,19-23H2,1H3,(H,34,37). The summed E-state index contributed by atoms with van der Waals surface area (Å²) in [6.07, 6.45) is 5.98. The molecule has 4 rings (SSSR count). The van der Waals surface area contributed by atoms with E-state index >= 15 is 0 Å². The number of unbranched alkanes of at least 4 members (excludes halogenated alkanes) is 4. The van der Waals surface area contributed by atoms with Gasteiger partial charge in [-0.05, 0) is 66.1 Å². The molecule has 1 aliphatic rings. The molecule has 1 N–H and O–H groups in total. The number of ether oxygens (including phenoxy) is 1. The van der Waals surface area contributed by atoms with Gasteiger partial charge in [0.1, 0.15) is 17.4 Å². The molecule has 0 aromatic heterocycles. The minimum absolute atomic E-state index is 0.144. The highest BCUT2D eigenvalue weighted by molar-refractivity contribution is 5.89. The van der Waals surface area contributed by atoms with Crippen molar-refractivity contribution in [3.05, 3.63) is 95.6 Å². The molecule has 0 unspecified atom stereocenters. The van der Waals surface area contributed by atoms with Crippen LogP contribution in [0.15, 0.2) is 72.8 Å². The second-order valence-electron chi connectivity index (χ2n) is 9.75. The van der Waals surface area contributed by atoms with Crippen molar-refractivity contribution in [2.24, 2.45) is 0 Å². The van der Waals surface area contributed by atoms with Crippen LogP contribution in [0.1, 0.15) is 56.2 Å². The quantitative estimate of drug-likeness (QED) is 0.270. The molecular formula is C31H37F2N3O2. The predicted octanol–water partition coefficient (Wildman–Crippen LogP) is 7.25. The minimum atomic E-state index is -0.296. The van der Waals surface area contributed by atoms with Crippen LogP contribution in [-0.2, 0) is 0 Å². The van der Waals surface area contributed by atoms with Crippen LogP contribution >= 0.6 is 0 Å². The van der Waals surface area contributed by atoms with Crippen LogP contribution in [0, 0.1) is 11.6 Å². The topological polar surface area (TPSA) is 44.8 Å². The van der Waals surface area contributed by atoms with Gasteiger partial charge in [0.15, 0.2) is 0 Å². The van der Waals surface area contributed by atoms with Crippen LogP contribution in [0.3, 0.4) is 0 Å². The van der Waals surface area contributed by atoms with Gasteiger partial charge in [0.05, 0.1) is 12.6 Å². The van der Waals surface area contributed by atoms with Crippen molar-refractivity contribution in [2.45, 2.75) is 45.1 Å². The molecule has 1 aliphatic heterocycles. The maximum absolute atomic E-state index is 13.6. The van der Waals surface area contributed by atoms with Crippen molar-refractivity contribution in [1.29, 1.82) is 0 Å². The first-order valence-electron chi connectivity index (χ1n) is 13.6. The molecule has 7 heteroatoms. The summed E-state index contributed by atoms with van der Waals surface area (Å²) < 4.78 is 33.0. The zero-order valence-corrected chi connectivity index (χ0v) is 22.0. The summed E-state index contributed by atoms with van der Waals surface area (Å²) in [7, 11) is 0. The van der Waals surface area contributed by atoms with E-state index in [0.717, 1.165) is 29.0 Å². The third-order valence-corrected chi connectivity index (χ3v) is 6.96. The van der Waals surface area contributed by atoms with Gasteiger partial charge in [0, 0.05) is 31.9 Å². The van der Waals surface area contributed by atoms with Crippen LogP contribution in [0.5, 0.6) is 5.75 Å². The SMILES string of the molecule is CCCCCCCOc1ccc(NC(=O)N2CCN(C(c3ccc(F)cc3)c3ccc(F)cc3)CC2)cc1. The van der Waals surface area contributed by atoms with Crippen LogP contribution in [0.2, 0.25) is 0 Å². The summed E-state index contributed by atoms with van der Waals surface area (Å²) in [5.41, 5.74) is 2.58. The number of carbonyl (C=O) groups is 1. The van der Waals surface area contributed by atoms with Crippen molar-refractivity contribution < 1.29 is 18.3 Å². The molecule has 3 aromatic rings. The molecule has 202 valence electrons. The molecular weight excluding hydrogens is 484 g/mol. The molecule has 0 radical (unpaired) electrons. The lowest BCUT2D eigenvalue weighted by molar-refractivity contribution is 0.126. The first-order valence-corrected chi connectivity index (χ1v) is 13.6. The number of nitrogens with zero attached hydrogens (tertiary/aromatic N) is 2. The highest BCUT2D eigenvalue weighted by Gasteiger charge is 2.28. The van der Waals surface area contributed by atoms with Crippen molar-refractivity contribution in [2.75, 3.05) is 38.1 Å². The van der Waals surface area contributed by atoms with E-state index in [0.29, 0.717) is 32.8 Å². The van der Waals surface area contributed by atoms with Gasteiger partial charge in [-0.1, -0.05) is 56.9 Å². The molecule has 5 nitrogen and oxygen atoms in total. The lowest BCUT2D eigenvalue weighted by Crippen LogP contribution is -2.51. The molecule has 1 heterocycles. The molecule has 2 amide bonds. The van der Waals surface area contributed by atoms with Gasteiger partial charge < -0.3 is 15.0 Å². The van der Waals surface area contributed by atoms with Crippen LogP contribution < -0.4 is 10.1 Å². The van der Waals surface area contributed by atoms with E-state index in [-0.39, 0.29) is 23.7 Å². The Balaban J connectivity index is 1.30. The third-order valence-electron chi connectivity index (χ3n) is 6.96. The van der Waals surface area contributed by atoms with Gasteiger partial charge in [-0.15, -0.1) is 0 Å². The molecule has 0 saturated carbocycles. The number of rotatable bonds is 11. The van der Waals surface area contributed by atoms with E-state index in [4.69, 9.17) is 4.74 Å². The Bertz CT molecular complexity index is 1080. The Morgan fingerprint density at radius 1 is 0.789 bits per heavy atom. The number of urea groups is 1. The number of hydrogen-bond donors (Lipinski definition) is 1. The molecule has 1 saturated heterocycles. The van der Waals surface area contributed by atoms with E-state index in [9.17, 15) is 13.6 Å². The van der Waals surface area contributed by atoms with Crippen molar-refractivity contribution in [3.8, 4) is 5.75 Å². The van der Waals surface area contributed by atoms with E-state index in [1.165, 1.54) is 49.9 Å². The van der Waals surface area contributed by atoms with Crippen LogP contribution in [-0.4, -0.2) is 48.6 Å². The first kappa shape index (κ1) is 27.6. The number of anilines is 1. The van der Waals surface area contributed by atoms with Crippen molar-refractivity contribution >= 4 is 11.7 Å². The zero-order chi connectivity index (χ0) is 26.7. The second-order valence-corrected chi connectivity index (χ2v) is 9.75. The summed E-state index contributed by atoms with van der Waals surface area (Å²) in [5.74, 6) is 0.213. The van der Waals surface area contributed by atoms with Gasteiger partial charge in [-0.25, -0.2) is 13.6 Å². The molecule has 3 aromatic carbocycles. The lowest BCUT2D eigenvalue weighted by atomic mass is 9.96. The zero-order valence-electron chi connectivity index (χ0n) is 22.0. The smallest absolute Gasteiger partial charge is 0.321 e. The molecule has 0 aliphatic carbocycles. The third kappa shape index (κ3) is 7.78. The summed E-state index contributed by atoms with van der Waals surface area (Å²) in [6, 6.07) is 20.0. The highest BCUT2D eigenvalue weighted by Crippen LogP contribution is 2.30. The number of benzene rings is 3. The normalized spacial score (nSPS) is 14.1. The first-order chi connectivity index (χ1) is 18.5. The second kappa shape index (κ2) is 13.9. The maximum Gasteiger partial charge on any atom is 0.321 e. The molecule has 0 bridgehead atoms. The van der Waals surface area contributed by atoms with E-state index < -0.39 is 0 Å². The van der Waals surface area contributed by atoms with Gasteiger partial charge in [0.2, 0.25) is 0 Å². The minimum Gasteiger partial charge on any atom is -0.494 e. The van der Waals surface area contributed by atoms with Crippen LogP contribution in [0.4, 0.5) is 19.3 Å². The van der Waals surface area contributed by atoms with Crippen molar-refractivity contribution in [3.63, 3.8) is 0 Å². The molecule has 38 heavy (non-hydrogen) atoms. The molecule has 0 atom stereocenters. The molecule has 0 spiro atoms. The summed E-state index contributed by atoms with van der Waals surface area (Å²) >= 11 is 0. The van der Waals surface area contributed by atoms with Gasteiger partial charge in [-0.2, -0.15) is 0 Å². The Morgan fingerprint density at radius 3 is 1.89 bits per heavy atom. The largest absolute Gasteiger partial charge is 0.494 e. The number of amides is 2. The fourth-order valence-electron chi connectivity index (χ4n) is 4.82. The Morgan fingerprint density at radius 2 is 1.34 bits per heavy atom. The molecule has 1 fully saturated rings. The lowest BCUT2D eigenvalue weighted by Gasteiger charge is -2.39. The monoisotopic (exact) mass is 521 g/mol. The van der Waals surface area contributed by atoms with E-state index in [2.05, 4.69) is 17.1 Å². The Labute approximate surface area is 224 Å². The summed E-state index contributed by atoms with van der Waals surface area (Å²) in [4.78, 5) is 17.0. The van der Waals surface area contributed by atoms with Gasteiger partial charge in [0.25, 0.3) is 0 Å². The maximum atomic E-state index is 13.6. The predicted molar refractivity (Wildman–Crippen MR) is 148 cm³/mol. The number of nitrogens with one attached hydrogen (secondary N) is 1. The number of piperazine rings is 1. The van der Waals surface area contributed by atoms with Gasteiger partial charge >= 0.3 is 6.03 Å². The summed E-state index contributed by atoms with van der Waals surface area (Å²) in [6.45, 7) is 5.28. The Hall–Kier alpha value is -3.45. The van der Waals surface area contributed by atoms with Crippen molar-refractivity contribution in [1.82, 2.24) is 9.80 Å². The Kier molecular flexibility index (Phi) is 10.1. The summed E-state index contributed by atoms with van der Waals surface area (Å²) in [5, 5.41) is 2.98. The fourth-order valence-corrected chi connectivity index (χ4v) is 4.82. The van der Waals surface area contributed by atoms with Gasteiger partial charge in [-0.3, -0.25) is 4.90 Å². The number of halogens is 2. The number of carbonyl (C=O) groups excluding carboxylic acids is 1. The van der Waals surface area contributed by atoms with E-state index in [1.54, 1.807) is 29.2 Å². The van der Waals surface area contributed by atoms with Crippen LogP contribution in [0.25, 0.3) is 0 Å². The number of hydrogen-bond acceptors (Lipinski definition) is 3.